The smallest absolute Gasteiger partial charge is 0.481 e. The van der Waals surface area contributed by atoms with Crippen molar-refractivity contribution >= 4 is 17.8 Å². The van der Waals surface area contributed by atoms with Gasteiger partial charge in [-0.1, -0.05) is 4.68 Å². The molecule has 0 spiro atoms. The molecule has 0 bridgehead atoms. The summed E-state index contributed by atoms with van der Waals surface area (Å²) in [6.45, 7) is 2.31. The molecule has 1 saturated carbocycles. The van der Waals surface area contributed by atoms with E-state index in [4.69, 9.17) is 15.0 Å². The maximum Gasteiger partial charge on any atom is 0.490 e. The zero-order valence-electron chi connectivity index (χ0n) is 13.2. The number of nitrogens with one attached hydrogen (secondary N) is 1. The van der Waals surface area contributed by atoms with Crippen molar-refractivity contribution in [2.75, 3.05) is 0 Å². The number of carbonyl (C=O) groups excluding carboxylic acids is 1. The predicted octanol–water partition coefficient (Wildman–Crippen LogP) is 0.759. The summed E-state index contributed by atoms with van der Waals surface area (Å²) in [5, 5.41) is 22.6. The molecule has 1 heterocycles. The summed E-state index contributed by atoms with van der Waals surface area (Å²) >= 11 is 0. The molecule has 0 aromatic carbocycles. The molecule has 1 fully saturated rings. The molecule has 0 saturated heterocycles. The summed E-state index contributed by atoms with van der Waals surface area (Å²) in [5.41, 5.74) is 0.446. The number of alkyl halides is 3. The normalized spacial score (nSPS) is 14.7. The van der Waals surface area contributed by atoms with Crippen LogP contribution in [0.2, 0.25) is 0 Å². The molecule has 0 atom stereocenters. The average Bonchev–Trinajstić information content (AvgIpc) is 3.22. The Bertz CT molecular complexity index is 642. The Morgan fingerprint density at radius 2 is 1.88 bits per heavy atom. The highest BCUT2D eigenvalue weighted by atomic mass is 19.4. The molecule has 1 amide bonds. The van der Waals surface area contributed by atoms with Gasteiger partial charge in [-0.25, -0.2) is 4.79 Å². The molecule has 25 heavy (non-hydrogen) atoms. The van der Waals surface area contributed by atoms with E-state index < -0.39 is 18.1 Å². The van der Waals surface area contributed by atoms with Crippen LogP contribution in [-0.2, 0) is 16.1 Å². The van der Waals surface area contributed by atoms with Gasteiger partial charge >= 0.3 is 18.1 Å². The van der Waals surface area contributed by atoms with Gasteiger partial charge in [0.25, 0.3) is 5.91 Å². The lowest BCUT2D eigenvalue weighted by molar-refractivity contribution is -0.753. The lowest BCUT2D eigenvalue weighted by Crippen LogP contribution is -2.40. The molecule has 11 heteroatoms. The first-order chi connectivity index (χ1) is 11.4. The maximum absolute atomic E-state index is 11.8. The Labute approximate surface area is 140 Å². The molecule has 3 N–H and O–H groups in total. The minimum Gasteiger partial charge on any atom is -0.481 e. The highest BCUT2D eigenvalue weighted by Crippen LogP contribution is 2.34. The van der Waals surface area contributed by atoms with Gasteiger partial charge in [0, 0.05) is 11.6 Å². The van der Waals surface area contributed by atoms with Gasteiger partial charge in [-0.15, -0.1) is 0 Å². The number of aromatic nitrogens is 2. The van der Waals surface area contributed by atoms with Crippen LogP contribution >= 0.6 is 0 Å². The van der Waals surface area contributed by atoms with Gasteiger partial charge in [0.2, 0.25) is 0 Å². The van der Waals surface area contributed by atoms with Crippen molar-refractivity contribution in [1.82, 2.24) is 10.4 Å². The topological polar surface area (TPSA) is 120 Å². The summed E-state index contributed by atoms with van der Waals surface area (Å²) in [6.07, 6.45) is 0.0342. The first-order valence-electron chi connectivity index (χ1n) is 7.13. The molecule has 138 valence electrons. The fourth-order valence-electron chi connectivity index (χ4n) is 1.52. The van der Waals surface area contributed by atoms with Gasteiger partial charge in [-0.05, 0) is 24.9 Å². The second-order valence-corrected chi connectivity index (χ2v) is 5.64. The van der Waals surface area contributed by atoms with Crippen molar-refractivity contribution in [3.05, 3.63) is 24.0 Å². The first-order valence-corrected chi connectivity index (χ1v) is 7.13. The summed E-state index contributed by atoms with van der Waals surface area (Å²) < 4.78 is 33.2. The van der Waals surface area contributed by atoms with Crippen LogP contribution in [0.3, 0.4) is 0 Å². The number of aliphatic carboxylic acids is 2. The maximum atomic E-state index is 11.8. The van der Waals surface area contributed by atoms with Gasteiger partial charge in [0.1, 0.15) is 12.6 Å². The Morgan fingerprint density at radius 1 is 1.32 bits per heavy atom. The van der Waals surface area contributed by atoms with Crippen LogP contribution < -0.4 is 10.00 Å². The van der Waals surface area contributed by atoms with Gasteiger partial charge < -0.3 is 15.5 Å². The molecule has 0 radical (unpaired) electrons. The zero-order chi connectivity index (χ0) is 19.3. The molecule has 1 aliphatic carbocycles. The van der Waals surface area contributed by atoms with Crippen molar-refractivity contribution in [3.63, 3.8) is 0 Å². The monoisotopic (exact) mass is 364 g/mol. The van der Waals surface area contributed by atoms with Gasteiger partial charge in [-0.3, -0.25) is 9.59 Å². The predicted molar refractivity (Wildman–Crippen MR) is 75.5 cm³/mol. The molecular weight excluding hydrogens is 347 g/mol. The van der Waals surface area contributed by atoms with E-state index in [0.29, 0.717) is 12.1 Å². The number of hydrogen-bond acceptors (Lipinski definition) is 4. The molecule has 0 unspecified atom stereocenters. The van der Waals surface area contributed by atoms with Crippen molar-refractivity contribution < 1.29 is 42.4 Å². The molecular formula is C14H17F3N3O5+. The summed E-state index contributed by atoms with van der Waals surface area (Å²) in [5.74, 6) is -3.76. The van der Waals surface area contributed by atoms with E-state index in [1.807, 2.05) is 6.92 Å². The Hall–Kier alpha value is -2.72. The van der Waals surface area contributed by atoms with E-state index in [-0.39, 0.29) is 17.9 Å². The summed E-state index contributed by atoms with van der Waals surface area (Å²) in [4.78, 5) is 31.1. The highest BCUT2D eigenvalue weighted by molar-refractivity contribution is 5.94. The first kappa shape index (κ1) is 20.3. The van der Waals surface area contributed by atoms with Crippen LogP contribution in [0.1, 0.15) is 36.5 Å². The number of halogens is 3. The van der Waals surface area contributed by atoms with Crippen LogP contribution in [0.5, 0.6) is 0 Å². The lowest BCUT2D eigenvalue weighted by atomic mass is 10.2. The number of hydrogen-bond donors (Lipinski definition) is 3. The van der Waals surface area contributed by atoms with E-state index in [1.54, 1.807) is 12.3 Å². The van der Waals surface area contributed by atoms with Crippen LogP contribution in [0.25, 0.3) is 0 Å². The fourth-order valence-corrected chi connectivity index (χ4v) is 1.52. The van der Waals surface area contributed by atoms with Gasteiger partial charge in [0.15, 0.2) is 12.7 Å². The third kappa shape index (κ3) is 7.59. The number of nitrogens with zero attached hydrogens (tertiary/aromatic N) is 2. The summed E-state index contributed by atoms with van der Waals surface area (Å²) in [6, 6.07) is 1.65. The largest absolute Gasteiger partial charge is 0.490 e. The number of amides is 1. The van der Waals surface area contributed by atoms with Crippen LogP contribution in [-0.4, -0.2) is 44.9 Å². The van der Waals surface area contributed by atoms with Crippen molar-refractivity contribution in [3.8, 4) is 0 Å². The van der Waals surface area contributed by atoms with Crippen molar-refractivity contribution in [1.29, 1.82) is 0 Å². The number of rotatable bonds is 5. The molecule has 0 aliphatic heterocycles. The SMILES string of the molecule is CC1(NC(=O)c2cc[n+](CCC(=O)O)nc2)CC1.O=C(O)C(F)(F)F. The van der Waals surface area contributed by atoms with E-state index >= 15 is 0 Å². The van der Waals surface area contributed by atoms with Gasteiger partial charge in [-0.2, -0.15) is 13.2 Å². The minimum absolute atomic E-state index is 0.0152. The molecule has 8 nitrogen and oxygen atoms in total. The highest BCUT2D eigenvalue weighted by Gasteiger charge is 2.39. The van der Waals surface area contributed by atoms with Crippen LogP contribution in [0.15, 0.2) is 18.5 Å². The molecule has 1 aromatic rings. The number of aryl methyl sites for hydroxylation is 1. The molecule has 1 aliphatic rings. The fraction of sp³-hybridized carbons (Fsp3) is 0.500. The van der Waals surface area contributed by atoms with E-state index in [9.17, 15) is 22.8 Å². The number of carboxylic acid groups (broad SMARTS) is 2. The summed E-state index contributed by atoms with van der Waals surface area (Å²) in [7, 11) is 0. The second kappa shape index (κ2) is 7.90. The third-order valence-electron chi connectivity index (χ3n) is 3.25. The van der Waals surface area contributed by atoms with Crippen molar-refractivity contribution in [2.45, 2.75) is 44.4 Å². The van der Waals surface area contributed by atoms with E-state index in [1.165, 1.54) is 10.9 Å². The van der Waals surface area contributed by atoms with Crippen LogP contribution in [0, 0.1) is 0 Å². The second-order valence-electron chi connectivity index (χ2n) is 5.64. The Morgan fingerprint density at radius 3 is 2.24 bits per heavy atom. The number of carbonyl (C=O) groups is 3. The average molecular weight is 364 g/mol. The van der Waals surface area contributed by atoms with Crippen molar-refractivity contribution in [2.24, 2.45) is 0 Å². The third-order valence-corrected chi connectivity index (χ3v) is 3.25. The van der Waals surface area contributed by atoms with Crippen LogP contribution in [0.4, 0.5) is 13.2 Å². The van der Waals surface area contributed by atoms with E-state index in [2.05, 4.69) is 10.4 Å². The Kier molecular flexibility index (Phi) is 6.42. The standard InChI is InChI=1S/C12H15N3O3.C2HF3O2/c1-12(4-5-12)14-11(18)9-2-6-15(13-8-9)7-3-10(16)17;3-2(4,5)1(6)7/h2,6,8H,3-5,7H2,1H3,(H-,14,16,17,18);(H,6,7)/p+1. The lowest BCUT2D eigenvalue weighted by Gasteiger charge is -2.10. The number of carboxylic acids is 2. The van der Waals surface area contributed by atoms with E-state index in [0.717, 1.165) is 12.8 Å². The quantitative estimate of drug-likeness (QED) is 0.664. The molecule has 2 rings (SSSR count). The zero-order valence-corrected chi connectivity index (χ0v) is 13.2. The van der Waals surface area contributed by atoms with Gasteiger partial charge in [0.05, 0.1) is 5.56 Å². The molecule has 1 aromatic heterocycles. The minimum atomic E-state index is -5.08. The Balaban J connectivity index is 0.000000381.